The molecule has 0 bridgehead atoms. The van der Waals surface area contributed by atoms with Crippen LogP contribution in [-0.4, -0.2) is 26.2 Å². The summed E-state index contributed by atoms with van der Waals surface area (Å²) in [5.41, 5.74) is 3.74. The van der Waals surface area contributed by atoms with Gasteiger partial charge >= 0.3 is 0 Å². The normalized spacial score (nSPS) is 26.2. The summed E-state index contributed by atoms with van der Waals surface area (Å²) in [4.78, 5) is 0. The minimum atomic E-state index is 0.482. The standard InChI is InChI=1S/C19H30N2.C2H6/c1-3-15(10-12-20-2)14-21-18-13-19(18)11-6-8-16-7-4-5-9-17(16)19;1-2/h4-5,7,9,15,18,20-21H,3,6,8,10-14H2,1-2H3;1-2H3. The molecule has 0 radical (unpaired) electrons. The van der Waals surface area contributed by atoms with Crippen LogP contribution in [-0.2, 0) is 11.8 Å². The van der Waals surface area contributed by atoms with Gasteiger partial charge in [0.25, 0.3) is 0 Å². The average molecular weight is 317 g/mol. The van der Waals surface area contributed by atoms with Crippen LogP contribution in [0.2, 0.25) is 0 Å². The summed E-state index contributed by atoms with van der Waals surface area (Å²) in [6.07, 6.45) is 7.96. The number of rotatable bonds is 7. The minimum Gasteiger partial charge on any atom is -0.320 e. The van der Waals surface area contributed by atoms with Crippen molar-refractivity contribution in [1.29, 1.82) is 0 Å². The predicted molar refractivity (Wildman–Crippen MR) is 101 cm³/mol. The lowest BCUT2D eigenvalue weighted by molar-refractivity contribution is 0.407. The van der Waals surface area contributed by atoms with Gasteiger partial charge in [-0.3, -0.25) is 0 Å². The highest BCUT2D eigenvalue weighted by atomic mass is 15.0. The van der Waals surface area contributed by atoms with Crippen molar-refractivity contribution in [3.8, 4) is 0 Å². The molecule has 1 aromatic rings. The largest absolute Gasteiger partial charge is 0.320 e. The van der Waals surface area contributed by atoms with Crippen LogP contribution >= 0.6 is 0 Å². The van der Waals surface area contributed by atoms with Crippen molar-refractivity contribution in [1.82, 2.24) is 10.6 Å². The van der Waals surface area contributed by atoms with Crippen LogP contribution in [0.3, 0.4) is 0 Å². The number of fused-ring (bicyclic) bond motifs is 2. The van der Waals surface area contributed by atoms with Gasteiger partial charge in [0, 0.05) is 11.5 Å². The summed E-state index contributed by atoms with van der Waals surface area (Å²) in [6.45, 7) is 8.65. The third kappa shape index (κ3) is 4.16. The molecule has 1 spiro atoms. The van der Waals surface area contributed by atoms with E-state index in [9.17, 15) is 0 Å². The van der Waals surface area contributed by atoms with Crippen molar-refractivity contribution >= 4 is 0 Å². The molecule has 0 amide bonds. The number of benzene rings is 1. The van der Waals surface area contributed by atoms with Gasteiger partial charge in [0.2, 0.25) is 0 Å². The second-order valence-electron chi connectivity index (χ2n) is 7.00. The number of hydrogen-bond acceptors (Lipinski definition) is 2. The van der Waals surface area contributed by atoms with E-state index in [2.05, 4.69) is 48.9 Å². The first-order valence-electron chi connectivity index (χ1n) is 9.76. The van der Waals surface area contributed by atoms with Crippen LogP contribution in [0.5, 0.6) is 0 Å². The fraction of sp³-hybridized carbons (Fsp3) is 0.714. The first-order valence-corrected chi connectivity index (χ1v) is 9.76. The van der Waals surface area contributed by atoms with E-state index in [1.165, 1.54) is 45.1 Å². The molecule has 130 valence electrons. The van der Waals surface area contributed by atoms with Crippen LogP contribution in [0.15, 0.2) is 24.3 Å². The average Bonchev–Trinajstić information content (AvgIpc) is 3.30. The van der Waals surface area contributed by atoms with E-state index < -0.39 is 0 Å². The fourth-order valence-electron chi connectivity index (χ4n) is 4.21. The van der Waals surface area contributed by atoms with E-state index >= 15 is 0 Å². The van der Waals surface area contributed by atoms with E-state index in [4.69, 9.17) is 0 Å². The lowest BCUT2D eigenvalue weighted by atomic mass is 9.79. The molecule has 3 unspecified atom stereocenters. The van der Waals surface area contributed by atoms with Crippen molar-refractivity contribution in [3.63, 3.8) is 0 Å². The Balaban J connectivity index is 0.000000924. The zero-order valence-corrected chi connectivity index (χ0v) is 15.6. The molecule has 0 saturated heterocycles. The maximum absolute atomic E-state index is 3.89. The Labute approximate surface area is 143 Å². The molecule has 1 saturated carbocycles. The van der Waals surface area contributed by atoms with Gasteiger partial charge < -0.3 is 10.6 Å². The van der Waals surface area contributed by atoms with Crippen molar-refractivity contribution < 1.29 is 0 Å². The van der Waals surface area contributed by atoms with E-state index in [-0.39, 0.29) is 0 Å². The molecule has 2 nitrogen and oxygen atoms in total. The highest BCUT2D eigenvalue weighted by molar-refractivity contribution is 5.44. The first-order chi connectivity index (χ1) is 11.3. The molecule has 2 aliphatic carbocycles. The monoisotopic (exact) mass is 316 g/mol. The summed E-state index contributed by atoms with van der Waals surface area (Å²) in [5, 5.41) is 7.17. The van der Waals surface area contributed by atoms with Crippen molar-refractivity contribution in [3.05, 3.63) is 35.4 Å². The van der Waals surface area contributed by atoms with Crippen LogP contribution in [0.4, 0.5) is 0 Å². The summed E-state index contributed by atoms with van der Waals surface area (Å²) in [7, 11) is 2.05. The molecule has 2 N–H and O–H groups in total. The van der Waals surface area contributed by atoms with Crippen molar-refractivity contribution in [2.45, 2.75) is 70.8 Å². The van der Waals surface area contributed by atoms with Gasteiger partial charge in [-0.2, -0.15) is 0 Å². The maximum atomic E-state index is 3.89. The van der Waals surface area contributed by atoms with Crippen LogP contribution in [0.25, 0.3) is 0 Å². The second-order valence-corrected chi connectivity index (χ2v) is 7.00. The van der Waals surface area contributed by atoms with Crippen LogP contribution in [0, 0.1) is 5.92 Å². The Morgan fingerprint density at radius 2 is 2.04 bits per heavy atom. The summed E-state index contributed by atoms with van der Waals surface area (Å²) in [6, 6.07) is 9.88. The SMILES string of the molecule is CC.CCC(CCNC)CNC1CC12CCCc1ccccc12. The second kappa shape index (κ2) is 8.84. The van der Waals surface area contributed by atoms with Gasteiger partial charge in [0.05, 0.1) is 0 Å². The molecule has 0 heterocycles. The van der Waals surface area contributed by atoms with Crippen LogP contribution in [0.1, 0.15) is 64.0 Å². The fourth-order valence-corrected chi connectivity index (χ4v) is 4.21. The Bertz CT molecular complexity index is 471. The molecule has 1 aromatic carbocycles. The highest BCUT2D eigenvalue weighted by Crippen LogP contribution is 2.55. The lowest BCUT2D eigenvalue weighted by Crippen LogP contribution is -2.32. The Kier molecular flexibility index (Phi) is 7.10. The van der Waals surface area contributed by atoms with Gasteiger partial charge in [0.1, 0.15) is 0 Å². The van der Waals surface area contributed by atoms with Gasteiger partial charge in [-0.25, -0.2) is 0 Å². The summed E-state index contributed by atoms with van der Waals surface area (Å²) >= 11 is 0. The molecule has 23 heavy (non-hydrogen) atoms. The Morgan fingerprint density at radius 3 is 2.78 bits per heavy atom. The molecule has 3 rings (SSSR count). The van der Waals surface area contributed by atoms with Crippen molar-refractivity contribution in [2.24, 2.45) is 5.92 Å². The van der Waals surface area contributed by atoms with E-state index in [1.807, 2.05) is 13.8 Å². The topological polar surface area (TPSA) is 24.1 Å². The van der Waals surface area contributed by atoms with Gasteiger partial charge in [-0.1, -0.05) is 51.5 Å². The summed E-state index contributed by atoms with van der Waals surface area (Å²) < 4.78 is 0. The molecular weight excluding hydrogens is 280 g/mol. The molecule has 3 atom stereocenters. The molecule has 1 fully saturated rings. The lowest BCUT2D eigenvalue weighted by Gasteiger charge is -2.27. The number of nitrogens with one attached hydrogen (secondary N) is 2. The first kappa shape index (κ1) is 18.5. The van der Waals surface area contributed by atoms with Crippen molar-refractivity contribution in [2.75, 3.05) is 20.1 Å². The molecular formula is C21H36N2. The van der Waals surface area contributed by atoms with Gasteiger partial charge in [0.15, 0.2) is 0 Å². The highest BCUT2D eigenvalue weighted by Gasteiger charge is 2.56. The van der Waals surface area contributed by atoms with E-state index in [0.29, 0.717) is 5.41 Å². The van der Waals surface area contributed by atoms with Gasteiger partial charge in [-0.05, 0) is 69.3 Å². The minimum absolute atomic E-state index is 0.482. The number of aryl methyl sites for hydroxylation is 1. The molecule has 0 aliphatic heterocycles. The predicted octanol–water partition coefficient (Wildman–Crippen LogP) is 4.28. The Morgan fingerprint density at radius 1 is 1.26 bits per heavy atom. The Hall–Kier alpha value is -0.860. The molecule has 2 heteroatoms. The van der Waals surface area contributed by atoms with E-state index in [0.717, 1.165) is 18.5 Å². The zero-order valence-electron chi connectivity index (χ0n) is 15.6. The van der Waals surface area contributed by atoms with E-state index in [1.54, 1.807) is 11.1 Å². The smallest absolute Gasteiger partial charge is 0.0174 e. The quantitative estimate of drug-likeness (QED) is 0.784. The zero-order chi connectivity index (χ0) is 16.7. The third-order valence-corrected chi connectivity index (χ3v) is 5.73. The molecule has 0 aromatic heterocycles. The maximum Gasteiger partial charge on any atom is 0.0174 e. The summed E-state index contributed by atoms with van der Waals surface area (Å²) in [5.74, 6) is 0.814. The van der Waals surface area contributed by atoms with Gasteiger partial charge in [-0.15, -0.1) is 0 Å². The van der Waals surface area contributed by atoms with Crippen LogP contribution < -0.4 is 10.6 Å². The molecule has 2 aliphatic rings. The third-order valence-electron chi connectivity index (χ3n) is 5.73. The number of hydrogen-bond donors (Lipinski definition) is 2.